The van der Waals surface area contributed by atoms with Crippen LogP contribution >= 0.6 is 11.6 Å². The number of fused-ring (bicyclic) bond motifs is 1. The van der Waals surface area contributed by atoms with Crippen molar-refractivity contribution in [1.29, 1.82) is 0 Å². The fourth-order valence-corrected chi connectivity index (χ4v) is 3.44. The van der Waals surface area contributed by atoms with Gasteiger partial charge in [-0.1, -0.05) is 41.9 Å². The molecule has 1 aromatic carbocycles. The van der Waals surface area contributed by atoms with Gasteiger partial charge in [-0.2, -0.15) is 13.2 Å². The molecule has 1 aliphatic rings. The van der Waals surface area contributed by atoms with Crippen LogP contribution in [0.4, 0.5) is 13.2 Å². The third kappa shape index (κ3) is 4.30. The zero-order valence-corrected chi connectivity index (χ0v) is 16.8. The molecule has 1 unspecified atom stereocenters. The average Bonchev–Trinajstić information content (AvgIpc) is 3.08. The zero-order valence-electron chi connectivity index (χ0n) is 16.1. The smallest absolute Gasteiger partial charge is 0.375 e. The topological polar surface area (TPSA) is 64.6 Å². The maximum Gasteiger partial charge on any atom is 0.417 e. The quantitative estimate of drug-likeness (QED) is 0.573. The van der Waals surface area contributed by atoms with E-state index >= 15 is 0 Å². The highest BCUT2D eigenvalue weighted by molar-refractivity contribution is 6.33. The molecule has 3 aromatic rings. The van der Waals surface area contributed by atoms with Crippen LogP contribution in [0.25, 0.3) is 5.52 Å². The summed E-state index contributed by atoms with van der Waals surface area (Å²) < 4.78 is 47.1. The van der Waals surface area contributed by atoms with Crippen molar-refractivity contribution in [2.24, 2.45) is 5.73 Å². The molecule has 3 N–H and O–H groups in total. The number of benzene rings is 1. The lowest BCUT2D eigenvalue weighted by molar-refractivity contribution is -0.137. The van der Waals surface area contributed by atoms with E-state index in [4.69, 9.17) is 22.1 Å². The summed E-state index contributed by atoms with van der Waals surface area (Å²) >= 11 is 6.09. The SMILES string of the molecule is CC1(N)C=C1N[C@@H](COCc1ccccc1)c1ncc2c(Cl)cc(C(F)(F)F)cn12. The van der Waals surface area contributed by atoms with E-state index in [1.165, 1.54) is 10.6 Å². The van der Waals surface area contributed by atoms with Gasteiger partial charge in [0.2, 0.25) is 0 Å². The van der Waals surface area contributed by atoms with Gasteiger partial charge >= 0.3 is 6.18 Å². The molecule has 4 rings (SSSR count). The Bertz CT molecular complexity index is 1090. The number of nitrogens with one attached hydrogen (secondary N) is 1. The lowest BCUT2D eigenvalue weighted by atomic mass is 10.2. The van der Waals surface area contributed by atoms with E-state index in [2.05, 4.69) is 10.3 Å². The highest BCUT2D eigenvalue weighted by atomic mass is 35.5. The van der Waals surface area contributed by atoms with Gasteiger partial charge in [-0.15, -0.1) is 0 Å². The number of nitrogens with two attached hydrogens (primary N) is 1. The molecule has 2 heterocycles. The summed E-state index contributed by atoms with van der Waals surface area (Å²) in [6.07, 6.45) is -0.243. The first-order chi connectivity index (χ1) is 14.1. The first-order valence-electron chi connectivity index (χ1n) is 9.29. The molecule has 0 saturated heterocycles. The van der Waals surface area contributed by atoms with Gasteiger partial charge in [0.25, 0.3) is 0 Å². The summed E-state index contributed by atoms with van der Waals surface area (Å²) in [5, 5.41) is 3.22. The van der Waals surface area contributed by atoms with E-state index in [9.17, 15) is 13.2 Å². The number of halogens is 4. The van der Waals surface area contributed by atoms with Crippen LogP contribution in [0.15, 0.2) is 60.6 Å². The van der Waals surface area contributed by atoms with Gasteiger partial charge in [0.05, 0.1) is 41.1 Å². The Morgan fingerprint density at radius 2 is 2.00 bits per heavy atom. The minimum atomic E-state index is -4.53. The number of hydrogen-bond acceptors (Lipinski definition) is 4. The zero-order chi connectivity index (χ0) is 21.5. The molecular weight excluding hydrogens is 417 g/mol. The van der Waals surface area contributed by atoms with Crippen molar-refractivity contribution in [1.82, 2.24) is 14.7 Å². The Morgan fingerprint density at radius 1 is 1.30 bits per heavy atom. The molecule has 2 atom stereocenters. The van der Waals surface area contributed by atoms with Crippen LogP contribution in [0.5, 0.6) is 0 Å². The predicted octanol–water partition coefficient (Wildman–Crippen LogP) is 4.47. The van der Waals surface area contributed by atoms with Gasteiger partial charge in [0.1, 0.15) is 11.9 Å². The van der Waals surface area contributed by atoms with Gasteiger partial charge in [-0.25, -0.2) is 4.98 Å². The number of alkyl halides is 3. The number of hydrogen-bond donors (Lipinski definition) is 2. The van der Waals surface area contributed by atoms with E-state index in [1.807, 2.05) is 43.3 Å². The second-order valence-electron chi connectivity index (χ2n) is 7.48. The summed E-state index contributed by atoms with van der Waals surface area (Å²) in [5.41, 5.74) is 6.79. The normalized spacial score (nSPS) is 19.6. The van der Waals surface area contributed by atoms with Crippen molar-refractivity contribution in [3.63, 3.8) is 0 Å². The second kappa shape index (κ2) is 7.61. The third-order valence-electron chi connectivity index (χ3n) is 4.93. The number of rotatable bonds is 7. The van der Waals surface area contributed by atoms with Crippen molar-refractivity contribution in [3.05, 3.63) is 82.5 Å². The third-order valence-corrected chi connectivity index (χ3v) is 5.23. The number of aromatic nitrogens is 2. The lowest BCUT2D eigenvalue weighted by Gasteiger charge is -2.20. The first-order valence-corrected chi connectivity index (χ1v) is 9.67. The molecule has 5 nitrogen and oxygen atoms in total. The van der Waals surface area contributed by atoms with Crippen molar-refractivity contribution in [2.75, 3.05) is 6.61 Å². The summed E-state index contributed by atoms with van der Waals surface area (Å²) in [6.45, 7) is 2.37. The van der Waals surface area contributed by atoms with Crippen LogP contribution in [0, 0.1) is 0 Å². The summed E-state index contributed by atoms with van der Waals surface area (Å²) in [7, 11) is 0. The van der Waals surface area contributed by atoms with Gasteiger partial charge in [-0.05, 0) is 24.6 Å². The Morgan fingerprint density at radius 3 is 2.63 bits per heavy atom. The molecule has 0 saturated carbocycles. The van der Waals surface area contributed by atoms with E-state index < -0.39 is 23.3 Å². The van der Waals surface area contributed by atoms with Crippen LogP contribution in [0.3, 0.4) is 0 Å². The molecule has 1 aliphatic carbocycles. The van der Waals surface area contributed by atoms with Crippen molar-refractivity contribution in [3.8, 4) is 0 Å². The maximum absolute atomic E-state index is 13.3. The molecule has 0 bridgehead atoms. The minimum Gasteiger partial charge on any atom is -0.375 e. The number of imidazole rings is 1. The molecule has 30 heavy (non-hydrogen) atoms. The van der Waals surface area contributed by atoms with Crippen LogP contribution in [-0.2, 0) is 17.5 Å². The standard InChI is InChI=1S/C21H20ClF3N4O/c1-20(26)8-18(20)28-16(12-30-11-13-5-3-2-4-6-13)19-27-9-17-15(22)7-14(10-29(17)19)21(23,24)25/h2-10,16,28H,11-12,26H2,1H3/t16-,20?/m0/s1. The fourth-order valence-electron chi connectivity index (χ4n) is 3.19. The van der Waals surface area contributed by atoms with Crippen LogP contribution < -0.4 is 11.1 Å². The Kier molecular flexibility index (Phi) is 5.25. The molecule has 0 spiro atoms. The van der Waals surface area contributed by atoms with Crippen LogP contribution in [0.1, 0.15) is 29.9 Å². The Labute approximate surface area is 176 Å². The van der Waals surface area contributed by atoms with Gasteiger partial charge in [0.15, 0.2) is 0 Å². The number of pyridine rings is 1. The van der Waals surface area contributed by atoms with E-state index in [-0.39, 0.29) is 11.6 Å². The molecule has 158 valence electrons. The molecule has 0 aliphatic heterocycles. The summed E-state index contributed by atoms with van der Waals surface area (Å²) in [4.78, 5) is 4.33. The van der Waals surface area contributed by atoms with E-state index in [0.717, 1.165) is 23.5 Å². The van der Waals surface area contributed by atoms with Gasteiger partial charge in [-0.3, -0.25) is 4.40 Å². The lowest BCUT2D eigenvalue weighted by Crippen LogP contribution is -2.32. The molecule has 0 fully saturated rings. The van der Waals surface area contributed by atoms with Crippen LogP contribution in [-0.4, -0.2) is 21.5 Å². The van der Waals surface area contributed by atoms with Crippen LogP contribution in [0.2, 0.25) is 5.02 Å². The first kappa shape index (κ1) is 20.7. The summed E-state index contributed by atoms with van der Waals surface area (Å²) in [5.74, 6) is 0.356. The highest BCUT2D eigenvalue weighted by Crippen LogP contribution is 2.35. The fraction of sp³-hybridized carbons (Fsp3) is 0.286. The van der Waals surface area contributed by atoms with E-state index in [0.29, 0.717) is 17.9 Å². The van der Waals surface area contributed by atoms with Gasteiger partial charge in [0, 0.05) is 11.9 Å². The summed E-state index contributed by atoms with van der Waals surface area (Å²) in [6, 6.07) is 9.97. The maximum atomic E-state index is 13.3. The monoisotopic (exact) mass is 436 g/mol. The van der Waals surface area contributed by atoms with Gasteiger partial charge < -0.3 is 15.8 Å². The average molecular weight is 437 g/mol. The highest BCUT2D eigenvalue weighted by Gasteiger charge is 2.37. The predicted molar refractivity (Wildman–Crippen MR) is 108 cm³/mol. The molecular formula is C21H20ClF3N4O. The largest absolute Gasteiger partial charge is 0.417 e. The second-order valence-corrected chi connectivity index (χ2v) is 7.89. The van der Waals surface area contributed by atoms with Crippen molar-refractivity contribution >= 4 is 17.1 Å². The number of ether oxygens (including phenoxy) is 1. The molecule has 0 amide bonds. The van der Waals surface area contributed by atoms with Crippen molar-refractivity contribution < 1.29 is 17.9 Å². The molecule has 2 aromatic heterocycles. The van der Waals surface area contributed by atoms with Crippen molar-refractivity contribution in [2.45, 2.75) is 31.3 Å². The Balaban J connectivity index is 1.63. The van der Waals surface area contributed by atoms with E-state index in [1.54, 1.807) is 0 Å². The number of nitrogens with zero attached hydrogens (tertiary/aromatic N) is 2. The Hall–Kier alpha value is -2.55. The molecule has 0 radical (unpaired) electrons. The molecule has 9 heteroatoms. The minimum absolute atomic E-state index is 0.0261.